The Kier molecular flexibility index (Phi) is 4.18. The van der Waals surface area contributed by atoms with E-state index in [4.69, 9.17) is 4.74 Å². The lowest BCUT2D eigenvalue weighted by Gasteiger charge is -2.30. The first kappa shape index (κ1) is 12.6. The van der Waals surface area contributed by atoms with E-state index >= 15 is 0 Å². The van der Waals surface area contributed by atoms with Crippen molar-refractivity contribution in [3.05, 3.63) is 28.2 Å². The molecule has 0 spiro atoms. The fourth-order valence-electron chi connectivity index (χ4n) is 1.97. The highest BCUT2D eigenvalue weighted by Crippen LogP contribution is 2.30. The normalized spacial score (nSPS) is 16.0. The van der Waals surface area contributed by atoms with Gasteiger partial charge in [-0.2, -0.15) is 0 Å². The number of carbonyl (C=O) groups excluding carboxylic acids is 1. The first-order valence-corrected chi connectivity index (χ1v) is 6.67. The van der Waals surface area contributed by atoms with Crippen molar-refractivity contribution < 1.29 is 9.53 Å². The number of Topliss-reactive ketones (excluding diaryl/α,β-unsaturated/α-hetero) is 1. The van der Waals surface area contributed by atoms with Crippen LogP contribution in [0.1, 0.15) is 23.7 Å². The summed E-state index contributed by atoms with van der Waals surface area (Å²) in [5, 5.41) is 0. The molecule has 3 nitrogen and oxygen atoms in total. The Hall–Kier alpha value is -0.870. The van der Waals surface area contributed by atoms with Crippen molar-refractivity contribution in [3.8, 4) is 0 Å². The molecule has 0 atom stereocenters. The van der Waals surface area contributed by atoms with Gasteiger partial charge in [0, 0.05) is 25.1 Å². The van der Waals surface area contributed by atoms with Crippen molar-refractivity contribution in [1.29, 1.82) is 0 Å². The van der Waals surface area contributed by atoms with Crippen molar-refractivity contribution in [3.63, 3.8) is 0 Å². The summed E-state index contributed by atoms with van der Waals surface area (Å²) in [6, 6.07) is 5.86. The minimum Gasteiger partial charge on any atom is -0.378 e. The van der Waals surface area contributed by atoms with Gasteiger partial charge in [0.2, 0.25) is 0 Å². The zero-order valence-corrected chi connectivity index (χ0v) is 11.5. The lowest BCUT2D eigenvalue weighted by Crippen LogP contribution is -2.36. The number of anilines is 1. The van der Waals surface area contributed by atoms with E-state index in [2.05, 4.69) is 20.8 Å². The maximum atomic E-state index is 11.8. The predicted molar refractivity (Wildman–Crippen MR) is 71.8 cm³/mol. The summed E-state index contributed by atoms with van der Waals surface area (Å²) in [6.07, 6.45) is 0.533. The van der Waals surface area contributed by atoms with Crippen molar-refractivity contribution in [2.24, 2.45) is 0 Å². The molecule has 92 valence electrons. The lowest BCUT2D eigenvalue weighted by atomic mass is 10.1. The summed E-state index contributed by atoms with van der Waals surface area (Å²) in [6.45, 7) is 5.14. The lowest BCUT2D eigenvalue weighted by molar-refractivity contribution is 0.0987. The number of ether oxygens (including phenoxy) is 1. The SMILES string of the molecule is CCC(=O)c1cccc(N2CCOCC2)c1Br. The van der Waals surface area contributed by atoms with E-state index < -0.39 is 0 Å². The summed E-state index contributed by atoms with van der Waals surface area (Å²) in [4.78, 5) is 14.0. The molecule has 0 unspecified atom stereocenters. The number of hydrogen-bond acceptors (Lipinski definition) is 3. The van der Waals surface area contributed by atoms with E-state index in [0.717, 1.165) is 42.0 Å². The van der Waals surface area contributed by atoms with Crippen LogP contribution in [0, 0.1) is 0 Å². The Labute approximate surface area is 110 Å². The average molecular weight is 298 g/mol. The van der Waals surface area contributed by atoms with E-state index in [1.54, 1.807) is 0 Å². The summed E-state index contributed by atoms with van der Waals surface area (Å²) in [7, 11) is 0. The summed E-state index contributed by atoms with van der Waals surface area (Å²) in [5.74, 6) is 0.173. The molecule has 17 heavy (non-hydrogen) atoms. The summed E-state index contributed by atoms with van der Waals surface area (Å²) in [5.41, 5.74) is 1.86. The van der Waals surface area contributed by atoms with Crippen molar-refractivity contribution in [2.45, 2.75) is 13.3 Å². The molecule has 1 aliphatic heterocycles. The predicted octanol–water partition coefficient (Wildman–Crippen LogP) is 2.88. The second-order valence-corrected chi connectivity index (χ2v) is 4.81. The van der Waals surface area contributed by atoms with Crippen LogP contribution in [-0.4, -0.2) is 32.1 Å². The quantitative estimate of drug-likeness (QED) is 0.804. The number of ketones is 1. The van der Waals surface area contributed by atoms with Crippen LogP contribution in [0.4, 0.5) is 5.69 Å². The van der Waals surface area contributed by atoms with Gasteiger partial charge in [0.1, 0.15) is 0 Å². The van der Waals surface area contributed by atoms with Gasteiger partial charge in [-0.1, -0.05) is 19.1 Å². The zero-order chi connectivity index (χ0) is 12.3. The highest BCUT2D eigenvalue weighted by atomic mass is 79.9. The Balaban J connectivity index is 2.31. The van der Waals surface area contributed by atoms with Gasteiger partial charge in [-0.05, 0) is 22.0 Å². The van der Waals surface area contributed by atoms with E-state index in [-0.39, 0.29) is 5.78 Å². The number of benzene rings is 1. The number of nitrogens with zero attached hydrogens (tertiary/aromatic N) is 1. The van der Waals surface area contributed by atoms with Gasteiger partial charge in [0.05, 0.1) is 23.4 Å². The largest absolute Gasteiger partial charge is 0.378 e. The van der Waals surface area contributed by atoms with Crippen LogP contribution in [0.5, 0.6) is 0 Å². The first-order chi connectivity index (χ1) is 8.24. The molecule has 2 rings (SSSR count). The Morgan fingerprint density at radius 1 is 1.41 bits per heavy atom. The molecule has 0 saturated carbocycles. The monoisotopic (exact) mass is 297 g/mol. The van der Waals surface area contributed by atoms with Gasteiger partial charge in [-0.3, -0.25) is 4.79 Å². The maximum absolute atomic E-state index is 11.8. The maximum Gasteiger partial charge on any atom is 0.163 e. The first-order valence-electron chi connectivity index (χ1n) is 5.88. The van der Waals surface area contributed by atoms with Gasteiger partial charge in [-0.25, -0.2) is 0 Å². The van der Waals surface area contributed by atoms with Gasteiger partial charge < -0.3 is 9.64 Å². The van der Waals surface area contributed by atoms with E-state index in [0.29, 0.717) is 6.42 Å². The van der Waals surface area contributed by atoms with Crippen LogP contribution in [0.15, 0.2) is 22.7 Å². The number of halogens is 1. The standard InChI is InChI=1S/C13H16BrNO2/c1-2-12(16)10-4-3-5-11(13(10)14)15-6-8-17-9-7-15/h3-5H,2,6-9H2,1H3. The van der Waals surface area contributed by atoms with Gasteiger partial charge in [0.25, 0.3) is 0 Å². The Bertz CT molecular complexity index is 414. The zero-order valence-electron chi connectivity index (χ0n) is 9.91. The summed E-state index contributed by atoms with van der Waals surface area (Å²) < 4.78 is 6.25. The third kappa shape index (κ3) is 2.69. The van der Waals surface area contributed by atoms with Crippen LogP contribution < -0.4 is 4.90 Å². The molecular formula is C13H16BrNO2. The highest BCUT2D eigenvalue weighted by molar-refractivity contribution is 9.10. The van der Waals surface area contributed by atoms with Crippen LogP contribution in [-0.2, 0) is 4.74 Å². The average Bonchev–Trinajstić information content (AvgIpc) is 2.39. The number of rotatable bonds is 3. The third-order valence-electron chi connectivity index (χ3n) is 2.95. The molecular weight excluding hydrogens is 282 g/mol. The van der Waals surface area contributed by atoms with Gasteiger partial charge in [-0.15, -0.1) is 0 Å². The number of morpholine rings is 1. The van der Waals surface area contributed by atoms with Crippen molar-refractivity contribution >= 4 is 27.4 Å². The van der Waals surface area contributed by atoms with E-state index in [1.807, 2.05) is 25.1 Å². The fourth-order valence-corrected chi connectivity index (χ4v) is 2.71. The molecule has 1 saturated heterocycles. The molecule has 1 aliphatic rings. The molecule has 1 fully saturated rings. The van der Waals surface area contributed by atoms with Crippen LogP contribution in [0.3, 0.4) is 0 Å². The number of hydrogen-bond donors (Lipinski definition) is 0. The van der Waals surface area contributed by atoms with Crippen LogP contribution in [0.25, 0.3) is 0 Å². The smallest absolute Gasteiger partial charge is 0.163 e. The van der Waals surface area contributed by atoms with Crippen molar-refractivity contribution in [1.82, 2.24) is 0 Å². The molecule has 0 bridgehead atoms. The van der Waals surface area contributed by atoms with Gasteiger partial charge >= 0.3 is 0 Å². The topological polar surface area (TPSA) is 29.5 Å². The molecule has 0 N–H and O–H groups in total. The van der Waals surface area contributed by atoms with Crippen LogP contribution in [0.2, 0.25) is 0 Å². The Morgan fingerprint density at radius 2 is 2.12 bits per heavy atom. The second kappa shape index (κ2) is 5.65. The van der Waals surface area contributed by atoms with Gasteiger partial charge in [0.15, 0.2) is 5.78 Å². The fraction of sp³-hybridized carbons (Fsp3) is 0.462. The number of carbonyl (C=O) groups is 1. The highest BCUT2D eigenvalue weighted by Gasteiger charge is 2.17. The van der Waals surface area contributed by atoms with Crippen LogP contribution >= 0.6 is 15.9 Å². The molecule has 4 heteroatoms. The molecule has 0 amide bonds. The summed E-state index contributed by atoms with van der Waals surface area (Å²) >= 11 is 3.55. The third-order valence-corrected chi connectivity index (χ3v) is 3.79. The van der Waals surface area contributed by atoms with E-state index in [9.17, 15) is 4.79 Å². The molecule has 1 aromatic carbocycles. The molecule has 0 aromatic heterocycles. The minimum atomic E-state index is 0.173. The van der Waals surface area contributed by atoms with Crippen molar-refractivity contribution in [2.75, 3.05) is 31.2 Å². The van der Waals surface area contributed by atoms with E-state index in [1.165, 1.54) is 0 Å². The molecule has 1 aromatic rings. The Morgan fingerprint density at radius 3 is 2.76 bits per heavy atom. The molecule has 1 heterocycles. The molecule has 0 aliphatic carbocycles. The second-order valence-electron chi connectivity index (χ2n) is 4.01. The minimum absolute atomic E-state index is 0.173. The molecule has 0 radical (unpaired) electrons.